The quantitative estimate of drug-likeness (QED) is 0.863. The third-order valence-electron chi connectivity index (χ3n) is 2.88. The fourth-order valence-corrected chi connectivity index (χ4v) is 1.84. The molecule has 0 saturated carbocycles. The number of hydrogen-bond donors (Lipinski definition) is 1. The Morgan fingerprint density at radius 1 is 1.39 bits per heavy atom. The van der Waals surface area contributed by atoms with E-state index in [2.05, 4.69) is 35.3 Å². The summed E-state index contributed by atoms with van der Waals surface area (Å²) in [7, 11) is 0. The van der Waals surface area contributed by atoms with Crippen LogP contribution in [0.5, 0.6) is 0 Å². The van der Waals surface area contributed by atoms with Crippen molar-refractivity contribution < 1.29 is 5.11 Å². The van der Waals surface area contributed by atoms with E-state index < -0.39 is 6.10 Å². The zero-order valence-electron chi connectivity index (χ0n) is 11.0. The molecule has 0 saturated heterocycles. The summed E-state index contributed by atoms with van der Waals surface area (Å²) in [5.41, 5.74) is 2.78. The van der Waals surface area contributed by atoms with Crippen LogP contribution in [0.4, 0.5) is 0 Å². The zero-order chi connectivity index (χ0) is 13.1. The van der Waals surface area contributed by atoms with Gasteiger partial charge >= 0.3 is 0 Å². The summed E-state index contributed by atoms with van der Waals surface area (Å²) < 4.78 is 3.70. The maximum atomic E-state index is 9.41. The number of nitrogens with zero attached hydrogens (tertiary/aromatic N) is 5. The highest BCUT2D eigenvalue weighted by Crippen LogP contribution is 2.10. The molecule has 18 heavy (non-hydrogen) atoms. The van der Waals surface area contributed by atoms with E-state index in [0.29, 0.717) is 12.2 Å². The van der Waals surface area contributed by atoms with Crippen molar-refractivity contribution in [1.82, 2.24) is 24.8 Å². The molecule has 1 N–H and O–H groups in total. The molecule has 0 aliphatic rings. The molecule has 0 fully saturated rings. The Bertz CT molecular complexity index is 514. The number of rotatable bonds is 5. The van der Waals surface area contributed by atoms with Crippen molar-refractivity contribution in [1.29, 1.82) is 0 Å². The number of aromatic nitrogens is 5. The van der Waals surface area contributed by atoms with Crippen molar-refractivity contribution in [2.24, 2.45) is 0 Å². The van der Waals surface area contributed by atoms with Gasteiger partial charge in [0.15, 0.2) is 0 Å². The molecule has 2 aromatic heterocycles. The van der Waals surface area contributed by atoms with Gasteiger partial charge < -0.3 is 5.11 Å². The molecule has 6 heteroatoms. The van der Waals surface area contributed by atoms with Gasteiger partial charge in [-0.25, -0.2) is 4.68 Å². The highest BCUT2D eigenvalue weighted by Gasteiger charge is 2.10. The number of aliphatic hydroxyl groups excluding tert-OH is 1. The van der Waals surface area contributed by atoms with E-state index in [0.717, 1.165) is 24.4 Å². The first-order valence-corrected chi connectivity index (χ1v) is 6.27. The molecule has 0 bridgehead atoms. The second kappa shape index (κ2) is 5.30. The van der Waals surface area contributed by atoms with Crippen molar-refractivity contribution in [3.8, 4) is 0 Å². The van der Waals surface area contributed by atoms with E-state index in [1.165, 1.54) is 0 Å². The SMILES string of the molecule is CCc1cc(Cn2cc(C(C)O)nn2)n(CC)n1. The molecule has 2 heterocycles. The average Bonchev–Trinajstić information content (AvgIpc) is 2.96. The first-order chi connectivity index (χ1) is 8.63. The van der Waals surface area contributed by atoms with E-state index in [4.69, 9.17) is 0 Å². The smallest absolute Gasteiger partial charge is 0.111 e. The molecule has 1 atom stereocenters. The summed E-state index contributed by atoms with van der Waals surface area (Å²) >= 11 is 0. The van der Waals surface area contributed by atoms with Crippen LogP contribution in [0.2, 0.25) is 0 Å². The third-order valence-corrected chi connectivity index (χ3v) is 2.88. The number of hydrogen-bond acceptors (Lipinski definition) is 4. The standard InChI is InChI=1S/C12H19N5O/c1-4-10-6-11(17(5-2)14-10)7-16-8-12(9(3)18)13-15-16/h6,8-9,18H,4-5,7H2,1-3H3. The molecule has 2 rings (SSSR count). The first kappa shape index (κ1) is 12.8. The Labute approximate surface area is 106 Å². The van der Waals surface area contributed by atoms with Gasteiger partial charge in [0.2, 0.25) is 0 Å². The van der Waals surface area contributed by atoms with E-state index in [-0.39, 0.29) is 0 Å². The van der Waals surface area contributed by atoms with Gasteiger partial charge in [-0.2, -0.15) is 5.10 Å². The van der Waals surface area contributed by atoms with E-state index in [1.807, 2.05) is 4.68 Å². The average molecular weight is 249 g/mol. The summed E-state index contributed by atoms with van der Waals surface area (Å²) in [5.74, 6) is 0. The summed E-state index contributed by atoms with van der Waals surface area (Å²) in [5, 5.41) is 21.8. The lowest BCUT2D eigenvalue weighted by Gasteiger charge is -2.03. The monoisotopic (exact) mass is 249 g/mol. The minimum Gasteiger partial charge on any atom is -0.387 e. The second-order valence-corrected chi connectivity index (χ2v) is 4.31. The lowest BCUT2D eigenvalue weighted by molar-refractivity contribution is 0.194. The molecule has 0 radical (unpaired) electrons. The third kappa shape index (κ3) is 2.59. The van der Waals surface area contributed by atoms with Crippen LogP contribution < -0.4 is 0 Å². The highest BCUT2D eigenvalue weighted by molar-refractivity contribution is 5.11. The van der Waals surface area contributed by atoms with Gasteiger partial charge in [-0.15, -0.1) is 5.10 Å². The fourth-order valence-electron chi connectivity index (χ4n) is 1.84. The Hall–Kier alpha value is -1.69. The molecule has 98 valence electrons. The topological polar surface area (TPSA) is 68.8 Å². The van der Waals surface area contributed by atoms with E-state index in [1.54, 1.807) is 17.8 Å². The Kier molecular flexibility index (Phi) is 3.76. The van der Waals surface area contributed by atoms with Crippen molar-refractivity contribution in [2.45, 2.75) is 46.4 Å². The molecule has 0 aromatic carbocycles. The minimum atomic E-state index is -0.582. The Morgan fingerprint density at radius 3 is 2.72 bits per heavy atom. The molecule has 0 aliphatic heterocycles. The van der Waals surface area contributed by atoms with Crippen LogP contribution in [-0.4, -0.2) is 29.9 Å². The molecular formula is C12H19N5O. The van der Waals surface area contributed by atoms with Crippen molar-refractivity contribution in [3.05, 3.63) is 29.3 Å². The molecule has 0 amide bonds. The predicted molar refractivity (Wildman–Crippen MR) is 67.0 cm³/mol. The maximum absolute atomic E-state index is 9.41. The molecule has 1 unspecified atom stereocenters. The molecular weight excluding hydrogens is 230 g/mol. The lowest BCUT2D eigenvalue weighted by Crippen LogP contribution is -2.08. The molecule has 0 spiro atoms. The van der Waals surface area contributed by atoms with Crippen LogP contribution in [-0.2, 0) is 19.5 Å². The molecule has 6 nitrogen and oxygen atoms in total. The van der Waals surface area contributed by atoms with Crippen LogP contribution in [0, 0.1) is 0 Å². The summed E-state index contributed by atoms with van der Waals surface area (Å²) in [6, 6.07) is 2.09. The minimum absolute atomic E-state index is 0.582. The van der Waals surface area contributed by atoms with Crippen LogP contribution in [0.1, 0.15) is 44.0 Å². The summed E-state index contributed by atoms with van der Waals surface area (Å²) in [4.78, 5) is 0. The first-order valence-electron chi connectivity index (χ1n) is 6.27. The fraction of sp³-hybridized carbons (Fsp3) is 0.583. The van der Waals surface area contributed by atoms with Crippen LogP contribution in [0.15, 0.2) is 12.3 Å². The Morgan fingerprint density at radius 2 is 2.17 bits per heavy atom. The predicted octanol–water partition coefficient (Wildman–Crippen LogP) is 1.16. The van der Waals surface area contributed by atoms with Gasteiger partial charge in [0.1, 0.15) is 5.69 Å². The molecule has 2 aromatic rings. The van der Waals surface area contributed by atoms with E-state index >= 15 is 0 Å². The van der Waals surface area contributed by atoms with Gasteiger partial charge in [-0.1, -0.05) is 12.1 Å². The van der Waals surface area contributed by atoms with Gasteiger partial charge in [-0.05, 0) is 26.3 Å². The number of aliphatic hydroxyl groups is 1. The largest absolute Gasteiger partial charge is 0.387 e. The maximum Gasteiger partial charge on any atom is 0.111 e. The van der Waals surface area contributed by atoms with Crippen molar-refractivity contribution >= 4 is 0 Å². The van der Waals surface area contributed by atoms with Crippen molar-refractivity contribution in [3.63, 3.8) is 0 Å². The summed E-state index contributed by atoms with van der Waals surface area (Å²) in [6.45, 7) is 7.30. The van der Waals surface area contributed by atoms with Crippen molar-refractivity contribution in [2.75, 3.05) is 0 Å². The van der Waals surface area contributed by atoms with Gasteiger partial charge in [-0.3, -0.25) is 4.68 Å². The van der Waals surface area contributed by atoms with Crippen LogP contribution in [0.25, 0.3) is 0 Å². The second-order valence-electron chi connectivity index (χ2n) is 4.31. The van der Waals surface area contributed by atoms with E-state index in [9.17, 15) is 5.11 Å². The highest BCUT2D eigenvalue weighted by atomic mass is 16.3. The Balaban J connectivity index is 2.19. The molecule has 0 aliphatic carbocycles. The van der Waals surface area contributed by atoms with Gasteiger partial charge in [0.05, 0.1) is 30.2 Å². The van der Waals surface area contributed by atoms with Gasteiger partial charge in [0, 0.05) is 6.54 Å². The lowest BCUT2D eigenvalue weighted by atomic mass is 10.3. The van der Waals surface area contributed by atoms with Crippen LogP contribution in [0.3, 0.4) is 0 Å². The number of aryl methyl sites for hydroxylation is 2. The normalized spacial score (nSPS) is 12.9. The van der Waals surface area contributed by atoms with Crippen LogP contribution >= 0.6 is 0 Å². The van der Waals surface area contributed by atoms with Gasteiger partial charge in [0.25, 0.3) is 0 Å². The summed E-state index contributed by atoms with van der Waals surface area (Å²) in [6.07, 6.45) is 2.11. The zero-order valence-corrected chi connectivity index (χ0v) is 11.0.